The summed E-state index contributed by atoms with van der Waals surface area (Å²) in [4.78, 5) is 4.33. The maximum absolute atomic E-state index is 4.33. The summed E-state index contributed by atoms with van der Waals surface area (Å²) in [6.07, 6.45) is 12.4. The van der Waals surface area contributed by atoms with Crippen LogP contribution in [0.3, 0.4) is 0 Å². The molecule has 0 unspecified atom stereocenters. The van der Waals surface area contributed by atoms with Crippen LogP contribution in [0.2, 0.25) is 0 Å². The summed E-state index contributed by atoms with van der Waals surface area (Å²) in [5, 5.41) is 15.0. The summed E-state index contributed by atoms with van der Waals surface area (Å²) in [6, 6.07) is 0. The third kappa shape index (κ3) is 7.36. The maximum Gasteiger partial charge on any atom is 0.191 e. The van der Waals surface area contributed by atoms with E-state index >= 15 is 0 Å². The van der Waals surface area contributed by atoms with Crippen molar-refractivity contribution in [2.75, 3.05) is 20.1 Å². The third-order valence-electron chi connectivity index (χ3n) is 4.66. The molecule has 2 rings (SSSR count). The maximum atomic E-state index is 4.33. The average molecular weight is 448 g/mol. The monoisotopic (exact) mass is 448 g/mol. The molecule has 1 heterocycles. The molecule has 1 saturated carbocycles. The zero-order valence-electron chi connectivity index (χ0n) is 15.1. The van der Waals surface area contributed by atoms with E-state index in [1.54, 1.807) is 6.33 Å². The summed E-state index contributed by atoms with van der Waals surface area (Å²) in [5.74, 6) is 2.72. The zero-order chi connectivity index (χ0) is 16.3. The van der Waals surface area contributed by atoms with Crippen LogP contribution in [-0.4, -0.2) is 40.9 Å². The van der Waals surface area contributed by atoms with Crippen LogP contribution in [0.25, 0.3) is 0 Å². The highest BCUT2D eigenvalue weighted by molar-refractivity contribution is 14.0. The summed E-state index contributed by atoms with van der Waals surface area (Å²) < 4.78 is 2.09. The topological polar surface area (TPSA) is 67.1 Å². The molecule has 24 heavy (non-hydrogen) atoms. The highest BCUT2D eigenvalue weighted by atomic mass is 127. The van der Waals surface area contributed by atoms with Gasteiger partial charge in [-0.2, -0.15) is 0 Å². The highest BCUT2D eigenvalue weighted by Gasteiger charge is 2.11. The van der Waals surface area contributed by atoms with Crippen molar-refractivity contribution in [2.45, 2.75) is 64.8 Å². The number of nitrogens with one attached hydrogen (secondary N) is 2. The minimum absolute atomic E-state index is 0. The lowest BCUT2D eigenvalue weighted by molar-refractivity contribution is 0.375. The smallest absolute Gasteiger partial charge is 0.191 e. The van der Waals surface area contributed by atoms with Gasteiger partial charge in [-0.1, -0.05) is 39.0 Å². The quantitative estimate of drug-likeness (QED) is 0.399. The molecule has 0 radical (unpaired) electrons. The Kier molecular flexibility index (Phi) is 11.0. The van der Waals surface area contributed by atoms with E-state index < -0.39 is 0 Å². The first-order valence-corrected chi connectivity index (χ1v) is 9.14. The van der Waals surface area contributed by atoms with E-state index in [1.807, 2.05) is 7.05 Å². The molecule has 138 valence electrons. The van der Waals surface area contributed by atoms with Gasteiger partial charge in [-0.05, 0) is 18.8 Å². The van der Waals surface area contributed by atoms with Crippen LogP contribution in [-0.2, 0) is 13.0 Å². The Morgan fingerprint density at radius 1 is 1.21 bits per heavy atom. The fraction of sp³-hybridized carbons (Fsp3) is 0.824. The van der Waals surface area contributed by atoms with Crippen LogP contribution in [0.4, 0.5) is 0 Å². The predicted molar refractivity (Wildman–Crippen MR) is 110 cm³/mol. The van der Waals surface area contributed by atoms with Crippen LogP contribution >= 0.6 is 24.0 Å². The van der Waals surface area contributed by atoms with E-state index in [1.165, 1.54) is 44.9 Å². The molecule has 7 heteroatoms. The van der Waals surface area contributed by atoms with Crippen molar-refractivity contribution in [2.24, 2.45) is 10.9 Å². The number of aliphatic imine (C=N–C) groups is 1. The highest BCUT2D eigenvalue weighted by Crippen LogP contribution is 2.21. The lowest BCUT2D eigenvalue weighted by Gasteiger charge is -2.21. The van der Waals surface area contributed by atoms with Crippen molar-refractivity contribution in [3.8, 4) is 0 Å². The van der Waals surface area contributed by atoms with E-state index in [0.717, 1.165) is 43.8 Å². The number of halogens is 1. The van der Waals surface area contributed by atoms with Gasteiger partial charge in [0.15, 0.2) is 5.96 Å². The van der Waals surface area contributed by atoms with Crippen LogP contribution < -0.4 is 10.6 Å². The predicted octanol–water partition coefficient (Wildman–Crippen LogP) is 2.98. The van der Waals surface area contributed by atoms with Crippen LogP contribution in [0.15, 0.2) is 11.3 Å². The molecule has 0 spiro atoms. The molecule has 1 aromatic rings. The average Bonchev–Trinajstić information content (AvgIpc) is 2.99. The molecule has 1 aliphatic rings. The van der Waals surface area contributed by atoms with Crippen molar-refractivity contribution < 1.29 is 0 Å². The molecule has 1 aliphatic carbocycles. The molecule has 0 saturated heterocycles. The van der Waals surface area contributed by atoms with Gasteiger partial charge in [0.25, 0.3) is 0 Å². The standard InChI is InChI=1S/C17H32N6.HI/c1-3-16-22-21-14-23(16)12-11-19-17(18-2)20-13-15-9-7-5-4-6-8-10-15;/h14-15H,3-13H2,1-2H3,(H2,18,19,20);1H. The number of nitrogens with zero attached hydrogens (tertiary/aromatic N) is 4. The van der Waals surface area contributed by atoms with Gasteiger partial charge in [0.05, 0.1) is 0 Å². The molecule has 1 aromatic heterocycles. The molecule has 0 atom stereocenters. The minimum atomic E-state index is 0. The Bertz CT molecular complexity index is 465. The van der Waals surface area contributed by atoms with Crippen LogP contribution in [0.1, 0.15) is 57.7 Å². The second-order valence-electron chi connectivity index (χ2n) is 6.39. The fourth-order valence-corrected chi connectivity index (χ4v) is 3.24. The van der Waals surface area contributed by atoms with E-state index in [-0.39, 0.29) is 24.0 Å². The van der Waals surface area contributed by atoms with Gasteiger partial charge >= 0.3 is 0 Å². The Labute approximate surface area is 163 Å². The molecular weight excluding hydrogens is 415 g/mol. The summed E-state index contributed by atoms with van der Waals surface area (Å²) in [6.45, 7) is 4.83. The summed E-state index contributed by atoms with van der Waals surface area (Å²) in [5.41, 5.74) is 0. The van der Waals surface area contributed by atoms with Crippen molar-refractivity contribution in [3.05, 3.63) is 12.2 Å². The number of hydrogen-bond acceptors (Lipinski definition) is 3. The number of hydrogen-bond donors (Lipinski definition) is 2. The second-order valence-corrected chi connectivity index (χ2v) is 6.39. The molecule has 2 N–H and O–H groups in total. The van der Waals surface area contributed by atoms with E-state index in [4.69, 9.17) is 0 Å². The molecule has 0 amide bonds. The third-order valence-corrected chi connectivity index (χ3v) is 4.66. The van der Waals surface area contributed by atoms with Gasteiger partial charge in [-0.3, -0.25) is 4.99 Å². The Morgan fingerprint density at radius 2 is 1.92 bits per heavy atom. The zero-order valence-corrected chi connectivity index (χ0v) is 17.5. The largest absolute Gasteiger partial charge is 0.356 e. The molecule has 0 aromatic carbocycles. The summed E-state index contributed by atoms with van der Waals surface area (Å²) in [7, 11) is 1.84. The Balaban J connectivity index is 0.00000288. The van der Waals surface area contributed by atoms with Crippen molar-refractivity contribution >= 4 is 29.9 Å². The van der Waals surface area contributed by atoms with Gasteiger partial charge in [0.2, 0.25) is 0 Å². The molecular formula is C17H33IN6. The van der Waals surface area contributed by atoms with Gasteiger partial charge in [-0.15, -0.1) is 34.2 Å². The molecule has 6 nitrogen and oxygen atoms in total. The molecule has 0 aliphatic heterocycles. The first-order chi connectivity index (χ1) is 11.3. The van der Waals surface area contributed by atoms with Crippen molar-refractivity contribution in [1.82, 2.24) is 25.4 Å². The number of aromatic nitrogens is 3. The number of guanidine groups is 1. The van der Waals surface area contributed by atoms with Crippen LogP contribution in [0, 0.1) is 5.92 Å². The van der Waals surface area contributed by atoms with E-state index in [0.29, 0.717) is 0 Å². The van der Waals surface area contributed by atoms with Gasteiger partial charge in [0.1, 0.15) is 12.2 Å². The fourth-order valence-electron chi connectivity index (χ4n) is 3.24. The van der Waals surface area contributed by atoms with Crippen molar-refractivity contribution in [3.63, 3.8) is 0 Å². The SMILES string of the molecule is CCc1nncn1CCNC(=NC)NCC1CCCCCCC1.I. The van der Waals surface area contributed by atoms with Gasteiger partial charge in [-0.25, -0.2) is 0 Å². The lowest BCUT2D eigenvalue weighted by Crippen LogP contribution is -2.41. The van der Waals surface area contributed by atoms with Crippen LogP contribution in [0.5, 0.6) is 0 Å². The Hall–Kier alpha value is -0.860. The first-order valence-electron chi connectivity index (χ1n) is 9.14. The van der Waals surface area contributed by atoms with E-state index in [2.05, 4.69) is 37.3 Å². The Morgan fingerprint density at radius 3 is 2.58 bits per heavy atom. The summed E-state index contributed by atoms with van der Waals surface area (Å²) >= 11 is 0. The normalized spacial score (nSPS) is 16.8. The van der Waals surface area contributed by atoms with Gasteiger partial charge in [0, 0.05) is 33.1 Å². The first kappa shape index (κ1) is 21.2. The van der Waals surface area contributed by atoms with E-state index in [9.17, 15) is 0 Å². The molecule has 1 fully saturated rings. The van der Waals surface area contributed by atoms with Crippen molar-refractivity contribution in [1.29, 1.82) is 0 Å². The number of rotatable bonds is 6. The minimum Gasteiger partial charge on any atom is -0.356 e. The number of aryl methyl sites for hydroxylation is 1. The lowest BCUT2D eigenvalue weighted by atomic mass is 9.91. The van der Waals surface area contributed by atoms with Gasteiger partial charge < -0.3 is 15.2 Å². The molecule has 0 bridgehead atoms. The second kappa shape index (κ2) is 12.5.